The maximum atomic E-state index is 13.5. The molecule has 1 amide bonds. The number of carbonyl (C=O) groups excluding carboxylic acids is 1. The number of piperazine rings is 1. The van der Waals surface area contributed by atoms with Gasteiger partial charge in [0, 0.05) is 42.9 Å². The normalized spacial score (nSPS) is 14.9. The minimum atomic E-state index is -0.343. The van der Waals surface area contributed by atoms with Crippen LogP contribution in [0.1, 0.15) is 23.0 Å². The standard InChI is InChI=1S/C23H25FN4O/c1-3-27-10-12-28(13-11-27)20-7-5-19(6-8-20)26-23(29)21-15-17-14-18(24)4-9-22(17)25-16(21)2/h4-9,14-15H,3,10-13H2,1-2H3,(H,26,29). The summed E-state index contributed by atoms with van der Waals surface area (Å²) in [5, 5.41) is 3.54. The van der Waals surface area contributed by atoms with Crippen molar-refractivity contribution >= 4 is 28.2 Å². The number of aryl methyl sites for hydroxylation is 1. The first kappa shape index (κ1) is 19.3. The average Bonchev–Trinajstić information content (AvgIpc) is 2.74. The van der Waals surface area contributed by atoms with Gasteiger partial charge in [-0.3, -0.25) is 9.78 Å². The Labute approximate surface area is 170 Å². The minimum absolute atomic E-state index is 0.245. The van der Waals surface area contributed by atoms with E-state index in [9.17, 15) is 9.18 Å². The molecule has 0 atom stereocenters. The molecule has 1 fully saturated rings. The van der Waals surface area contributed by atoms with Crippen LogP contribution in [-0.2, 0) is 0 Å². The molecule has 3 aromatic rings. The molecule has 1 aromatic heterocycles. The van der Waals surface area contributed by atoms with Crippen molar-refractivity contribution in [1.82, 2.24) is 9.88 Å². The Hall–Kier alpha value is -2.99. The van der Waals surface area contributed by atoms with Crippen molar-refractivity contribution in [2.45, 2.75) is 13.8 Å². The van der Waals surface area contributed by atoms with Crippen molar-refractivity contribution in [2.75, 3.05) is 42.9 Å². The van der Waals surface area contributed by atoms with Gasteiger partial charge in [0.05, 0.1) is 16.8 Å². The highest BCUT2D eigenvalue weighted by Crippen LogP contribution is 2.22. The number of anilines is 2. The first-order valence-electron chi connectivity index (χ1n) is 9.99. The molecule has 5 nitrogen and oxygen atoms in total. The van der Waals surface area contributed by atoms with Gasteiger partial charge in [0.2, 0.25) is 0 Å². The van der Waals surface area contributed by atoms with Crippen LogP contribution < -0.4 is 10.2 Å². The SMILES string of the molecule is CCN1CCN(c2ccc(NC(=O)c3cc4cc(F)ccc4nc3C)cc2)CC1. The molecule has 1 N–H and O–H groups in total. The lowest BCUT2D eigenvalue weighted by molar-refractivity contribution is 0.102. The molecule has 150 valence electrons. The fourth-order valence-corrected chi connectivity index (χ4v) is 3.75. The molecule has 2 aromatic carbocycles. The van der Waals surface area contributed by atoms with Crippen molar-refractivity contribution < 1.29 is 9.18 Å². The third-order valence-corrected chi connectivity index (χ3v) is 5.52. The monoisotopic (exact) mass is 392 g/mol. The van der Waals surface area contributed by atoms with Gasteiger partial charge in [-0.1, -0.05) is 6.92 Å². The summed E-state index contributed by atoms with van der Waals surface area (Å²) in [5.74, 6) is -0.588. The molecule has 29 heavy (non-hydrogen) atoms. The van der Waals surface area contributed by atoms with Gasteiger partial charge in [0.25, 0.3) is 5.91 Å². The smallest absolute Gasteiger partial charge is 0.257 e. The topological polar surface area (TPSA) is 48.5 Å². The van der Waals surface area contributed by atoms with Gasteiger partial charge < -0.3 is 15.1 Å². The highest BCUT2D eigenvalue weighted by Gasteiger charge is 2.16. The number of hydrogen-bond acceptors (Lipinski definition) is 4. The summed E-state index contributed by atoms with van der Waals surface area (Å²) in [4.78, 5) is 22.0. The number of hydrogen-bond donors (Lipinski definition) is 1. The van der Waals surface area contributed by atoms with Crippen molar-refractivity contribution in [3.8, 4) is 0 Å². The lowest BCUT2D eigenvalue weighted by Gasteiger charge is -2.35. The van der Waals surface area contributed by atoms with Gasteiger partial charge in [-0.2, -0.15) is 0 Å². The van der Waals surface area contributed by atoms with Crippen LogP contribution in [-0.4, -0.2) is 48.5 Å². The Morgan fingerprint density at radius 1 is 1.07 bits per heavy atom. The van der Waals surface area contributed by atoms with Crippen LogP contribution in [0, 0.1) is 12.7 Å². The zero-order valence-corrected chi connectivity index (χ0v) is 16.8. The Balaban J connectivity index is 1.47. The highest BCUT2D eigenvalue weighted by atomic mass is 19.1. The summed E-state index contributed by atoms with van der Waals surface area (Å²) in [5.41, 5.74) is 3.63. The van der Waals surface area contributed by atoms with Gasteiger partial charge in [-0.25, -0.2) is 4.39 Å². The molecule has 0 saturated carbocycles. The number of carbonyl (C=O) groups is 1. The molecule has 0 radical (unpaired) electrons. The van der Waals surface area contributed by atoms with Gasteiger partial charge in [0.1, 0.15) is 5.82 Å². The van der Waals surface area contributed by atoms with E-state index < -0.39 is 0 Å². The van der Waals surface area contributed by atoms with E-state index in [4.69, 9.17) is 0 Å². The predicted molar refractivity (Wildman–Crippen MR) is 115 cm³/mol. The lowest BCUT2D eigenvalue weighted by atomic mass is 10.1. The molecule has 0 bridgehead atoms. The van der Waals surface area contributed by atoms with Crippen molar-refractivity contribution in [1.29, 1.82) is 0 Å². The summed E-state index contributed by atoms with van der Waals surface area (Å²) in [6.45, 7) is 9.24. The van der Waals surface area contributed by atoms with Crippen LogP contribution in [0.25, 0.3) is 10.9 Å². The summed E-state index contributed by atoms with van der Waals surface area (Å²) < 4.78 is 13.5. The molecule has 1 aliphatic heterocycles. The highest BCUT2D eigenvalue weighted by molar-refractivity contribution is 6.06. The quantitative estimate of drug-likeness (QED) is 0.727. The van der Waals surface area contributed by atoms with Crippen LogP contribution in [0.5, 0.6) is 0 Å². The third kappa shape index (κ3) is 4.22. The van der Waals surface area contributed by atoms with Gasteiger partial charge in [-0.05, 0) is 62.0 Å². The second-order valence-electron chi connectivity index (χ2n) is 7.38. The third-order valence-electron chi connectivity index (χ3n) is 5.52. The first-order valence-corrected chi connectivity index (χ1v) is 9.99. The summed E-state index contributed by atoms with van der Waals surface area (Å²) >= 11 is 0. The Morgan fingerprint density at radius 2 is 1.79 bits per heavy atom. The van der Waals surface area contributed by atoms with Gasteiger partial charge in [-0.15, -0.1) is 0 Å². The van der Waals surface area contributed by atoms with Crippen LogP contribution in [0.2, 0.25) is 0 Å². The maximum absolute atomic E-state index is 13.5. The van der Waals surface area contributed by atoms with Crippen LogP contribution in [0.15, 0.2) is 48.5 Å². The number of fused-ring (bicyclic) bond motifs is 1. The molecule has 2 heterocycles. The molecule has 1 aliphatic rings. The molecule has 4 rings (SSSR count). The second-order valence-corrected chi connectivity index (χ2v) is 7.38. The number of rotatable bonds is 4. The number of likely N-dealkylation sites (N-methyl/N-ethyl adjacent to an activating group) is 1. The van der Waals surface area contributed by atoms with E-state index in [2.05, 4.69) is 27.0 Å². The van der Waals surface area contributed by atoms with E-state index in [0.717, 1.165) is 44.1 Å². The molecule has 1 saturated heterocycles. The van der Waals surface area contributed by atoms with Crippen LogP contribution >= 0.6 is 0 Å². The number of nitrogens with zero attached hydrogens (tertiary/aromatic N) is 3. The van der Waals surface area contributed by atoms with Gasteiger partial charge in [0.15, 0.2) is 0 Å². The summed E-state index contributed by atoms with van der Waals surface area (Å²) in [6, 6.07) is 14.0. The second kappa shape index (κ2) is 8.17. The van der Waals surface area contributed by atoms with E-state index in [1.54, 1.807) is 19.1 Å². The maximum Gasteiger partial charge on any atom is 0.257 e. The number of nitrogens with one attached hydrogen (secondary N) is 1. The molecular formula is C23H25FN4O. The Bertz CT molecular complexity index is 1030. The first-order chi connectivity index (χ1) is 14.0. The van der Waals surface area contributed by atoms with E-state index in [0.29, 0.717) is 22.2 Å². The van der Waals surface area contributed by atoms with E-state index in [-0.39, 0.29) is 11.7 Å². The molecule has 0 spiro atoms. The Kier molecular flexibility index (Phi) is 5.45. The summed E-state index contributed by atoms with van der Waals surface area (Å²) in [6.07, 6.45) is 0. The van der Waals surface area contributed by atoms with E-state index in [1.807, 2.05) is 24.3 Å². The zero-order valence-electron chi connectivity index (χ0n) is 16.8. The van der Waals surface area contributed by atoms with Crippen molar-refractivity contribution in [2.24, 2.45) is 0 Å². The zero-order chi connectivity index (χ0) is 20.4. The fraction of sp³-hybridized carbons (Fsp3) is 0.304. The number of benzene rings is 2. The van der Waals surface area contributed by atoms with Crippen LogP contribution in [0.4, 0.5) is 15.8 Å². The Morgan fingerprint density at radius 3 is 2.48 bits per heavy atom. The van der Waals surface area contributed by atoms with Crippen molar-refractivity contribution in [3.05, 3.63) is 65.6 Å². The average molecular weight is 392 g/mol. The van der Waals surface area contributed by atoms with Gasteiger partial charge >= 0.3 is 0 Å². The number of aromatic nitrogens is 1. The minimum Gasteiger partial charge on any atom is -0.369 e. The molecule has 0 aliphatic carbocycles. The number of amides is 1. The van der Waals surface area contributed by atoms with Crippen molar-refractivity contribution in [3.63, 3.8) is 0 Å². The molecule has 6 heteroatoms. The van der Waals surface area contributed by atoms with E-state index in [1.165, 1.54) is 12.1 Å². The molecular weight excluding hydrogens is 367 g/mol. The molecule has 0 unspecified atom stereocenters. The van der Waals surface area contributed by atoms with E-state index >= 15 is 0 Å². The lowest BCUT2D eigenvalue weighted by Crippen LogP contribution is -2.46. The largest absolute Gasteiger partial charge is 0.369 e. The summed E-state index contributed by atoms with van der Waals surface area (Å²) in [7, 11) is 0. The number of pyridine rings is 1. The van der Waals surface area contributed by atoms with Crippen LogP contribution in [0.3, 0.4) is 0 Å². The number of halogens is 1. The predicted octanol–water partition coefficient (Wildman–Crippen LogP) is 4.08. The fourth-order valence-electron chi connectivity index (χ4n) is 3.75.